The summed E-state index contributed by atoms with van der Waals surface area (Å²) in [5.74, 6) is -2.73. The normalized spacial score (nSPS) is 15.0. The average molecular weight is 533 g/mol. The molecule has 0 saturated heterocycles. The van der Waals surface area contributed by atoms with Crippen LogP contribution in [0, 0.1) is 0 Å². The molecule has 2 aliphatic rings. The number of imide groups is 2. The van der Waals surface area contributed by atoms with Gasteiger partial charge in [0.25, 0.3) is 23.6 Å². The summed E-state index contributed by atoms with van der Waals surface area (Å²) in [6.07, 6.45) is 1.49. The predicted octanol–water partition coefficient (Wildman–Crippen LogP) is 4.26. The molecule has 0 radical (unpaired) electrons. The molecule has 9 heteroatoms. The number of benzene rings is 2. The Bertz CT molecular complexity index is 1080. The van der Waals surface area contributed by atoms with Crippen molar-refractivity contribution in [1.29, 1.82) is 0 Å². The number of carbonyl (C=O) groups is 4. The van der Waals surface area contributed by atoms with Crippen LogP contribution in [0.2, 0.25) is 0 Å². The van der Waals surface area contributed by atoms with E-state index in [9.17, 15) is 19.2 Å². The zero-order valence-corrected chi connectivity index (χ0v) is 19.0. The van der Waals surface area contributed by atoms with Crippen LogP contribution in [0.3, 0.4) is 0 Å². The highest BCUT2D eigenvalue weighted by Crippen LogP contribution is 2.31. The Hall–Kier alpha value is -2.65. The van der Waals surface area contributed by atoms with Gasteiger partial charge in [-0.15, -0.1) is 0 Å². The summed E-state index contributed by atoms with van der Waals surface area (Å²) in [4.78, 5) is 58.2. The lowest BCUT2D eigenvalue weighted by molar-refractivity contribution is 0.0685. The molecule has 2 aromatic rings. The maximum atomic E-state index is 13.1. The molecular formula is C21H15Br2N3O4. The standard InChI is InChI=1S/C21H15Br2N3O4/c1-2-3-8-24-21(25-17(27)13-6-4-11(22)9-15(13)19(25)29)26-18(28)14-7-5-12(23)10-16(14)20(26)30/h4-7,9-10H,2-3,8H2,1H3. The number of halogens is 2. The van der Waals surface area contributed by atoms with E-state index in [1.807, 2.05) is 6.92 Å². The molecule has 0 saturated carbocycles. The molecule has 0 spiro atoms. The van der Waals surface area contributed by atoms with Gasteiger partial charge >= 0.3 is 0 Å². The third-order valence-electron chi connectivity index (χ3n) is 4.86. The first kappa shape index (κ1) is 20.6. The van der Waals surface area contributed by atoms with Gasteiger partial charge in [-0.2, -0.15) is 0 Å². The molecule has 4 amide bonds. The zero-order chi connectivity index (χ0) is 21.6. The fourth-order valence-corrected chi connectivity index (χ4v) is 4.09. The van der Waals surface area contributed by atoms with E-state index in [-0.39, 0.29) is 34.8 Å². The quantitative estimate of drug-likeness (QED) is 0.256. The number of aliphatic imine (C=N–C) groups is 1. The molecule has 152 valence electrons. The Labute approximate surface area is 189 Å². The number of nitrogens with zero attached hydrogens (tertiary/aromatic N) is 3. The van der Waals surface area contributed by atoms with Crippen molar-refractivity contribution in [2.24, 2.45) is 4.99 Å². The molecule has 0 aromatic heterocycles. The van der Waals surface area contributed by atoms with E-state index in [0.717, 1.165) is 16.2 Å². The molecule has 30 heavy (non-hydrogen) atoms. The molecule has 2 aromatic carbocycles. The lowest BCUT2D eigenvalue weighted by Gasteiger charge is -2.23. The fourth-order valence-electron chi connectivity index (χ4n) is 3.37. The summed E-state index contributed by atoms with van der Waals surface area (Å²) in [6.45, 7) is 2.23. The third-order valence-corrected chi connectivity index (χ3v) is 5.85. The highest BCUT2D eigenvalue weighted by Gasteiger charge is 2.47. The van der Waals surface area contributed by atoms with Crippen molar-refractivity contribution in [3.63, 3.8) is 0 Å². The molecule has 2 heterocycles. The van der Waals surface area contributed by atoms with E-state index in [2.05, 4.69) is 36.9 Å². The van der Waals surface area contributed by atoms with Crippen LogP contribution in [0.4, 0.5) is 0 Å². The van der Waals surface area contributed by atoms with E-state index in [1.165, 1.54) is 12.1 Å². The van der Waals surface area contributed by atoms with E-state index >= 15 is 0 Å². The number of hydrogen-bond acceptors (Lipinski definition) is 5. The van der Waals surface area contributed by atoms with Crippen LogP contribution in [0.25, 0.3) is 0 Å². The van der Waals surface area contributed by atoms with Crippen molar-refractivity contribution in [1.82, 2.24) is 9.80 Å². The van der Waals surface area contributed by atoms with Gasteiger partial charge in [0.15, 0.2) is 0 Å². The maximum absolute atomic E-state index is 13.1. The van der Waals surface area contributed by atoms with Crippen molar-refractivity contribution in [2.75, 3.05) is 6.54 Å². The number of amides is 4. The molecule has 2 aliphatic heterocycles. The van der Waals surface area contributed by atoms with Gasteiger partial charge in [0.05, 0.1) is 22.3 Å². The molecule has 0 unspecified atom stereocenters. The topological polar surface area (TPSA) is 87.1 Å². The average Bonchev–Trinajstić information content (AvgIpc) is 3.10. The minimum Gasteiger partial charge on any atom is -0.268 e. The molecule has 0 bridgehead atoms. The Balaban J connectivity index is 1.80. The Kier molecular flexibility index (Phi) is 5.42. The monoisotopic (exact) mass is 531 g/mol. The van der Waals surface area contributed by atoms with Crippen molar-refractivity contribution in [3.05, 3.63) is 67.6 Å². The number of rotatable bonds is 3. The maximum Gasteiger partial charge on any atom is 0.268 e. The Morgan fingerprint density at radius 2 is 1.20 bits per heavy atom. The second-order valence-corrected chi connectivity index (χ2v) is 8.64. The SMILES string of the molecule is CCCCN=C(N1C(=O)c2ccc(Br)cc2C1=O)N1C(=O)c2ccc(Br)cc2C1=O. The molecule has 7 nitrogen and oxygen atoms in total. The molecule has 0 aliphatic carbocycles. The number of hydrogen-bond donors (Lipinski definition) is 0. The first-order valence-corrected chi connectivity index (χ1v) is 10.8. The molecule has 0 fully saturated rings. The first-order valence-electron chi connectivity index (χ1n) is 9.26. The van der Waals surface area contributed by atoms with Gasteiger partial charge < -0.3 is 0 Å². The minimum absolute atomic E-state index is 0.192. The summed E-state index contributed by atoms with van der Waals surface area (Å²) in [5, 5.41) is 0. The minimum atomic E-state index is -0.621. The van der Waals surface area contributed by atoms with Gasteiger partial charge in [0.1, 0.15) is 0 Å². The summed E-state index contributed by atoms with van der Waals surface area (Å²) in [7, 11) is 0. The predicted molar refractivity (Wildman–Crippen MR) is 116 cm³/mol. The summed E-state index contributed by atoms with van der Waals surface area (Å²) < 4.78 is 1.28. The molecule has 4 rings (SSSR count). The second-order valence-electron chi connectivity index (χ2n) is 6.81. The van der Waals surface area contributed by atoms with Gasteiger partial charge in [0, 0.05) is 15.5 Å². The van der Waals surface area contributed by atoms with E-state index in [4.69, 9.17) is 0 Å². The largest absolute Gasteiger partial charge is 0.268 e. The lowest BCUT2D eigenvalue weighted by atomic mass is 10.1. The van der Waals surface area contributed by atoms with Crippen LogP contribution in [-0.4, -0.2) is 45.9 Å². The van der Waals surface area contributed by atoms with Crippen LogP contribution < -0.4 is 0 Å². The fraction of sp³-hybridized carbons (Fsp3) is 0.190. The Morgan fingerprint density at radius 1 is 0.767 bits per heavy atom. The van der Waals surface area contributed by atoms with Crippen molar-refractivity contribution in [3.8, 4) is 0 Å². The Morgan fingerprint density at radius 3 is 1.63 bits per heavy atom. The van der Waals surface area contributed by atoms with Gasteiger partial charge in [-0.3, -0.25) is 24.2 Å². The summed E-state index contributed by atoms with van der Waals surface area (Å²) in [5.41, 5.74) is 0.783. The highest BCUT2D eigenvalue weighted by atomic mass is 79.9. The van der Waals surface area contributed by atoms with Gasteiger partial charge in [-0.25, -0.2) is 9.80 Å². The van der Waals surface area contributed by atoms with Crippen LogP contribution in [0.1, 0.15) is 61.2 Å². The van der Waals surface area contributed by atoms with Gasteiger partial charge in [0.2, 0.25) is 5.96 Å². The van der Waals surface area contributed by atoms with Gasteiger partial charge in [-0.05, 0) is 42.8 Å². The van der Waals surface area contributed by atoms with E-state index in [1.54, 1.807) is 24.3 Å². The van der Waals surface area contributed by atoms with Crippen LogP contribution in [-0.2, 0) is 0 Å². The smallest absolute Gasteiger partial charge is 0.268 e. The van der Waals surface area contributed by atoms with Crippen molar-refractivity contribution >= 4 is 61.4 Å². The summed E-state index contributed by atoms with van der Waals surface area (Å²) >= 11 is 6.59. The molecule has 0 atom stereocenters. The van der Waals surface area contributed by atoms with Gasteiger partial charge in [-0.1, -0.05) is 45.2 Å². The van der Waals surface area contributed by atoms with Crippen molar-refractivity contribution < 1.29 is 19.2 Å². The number of guanidine groups is 1. The van der Waals surface area contributed by atoms with E-state index < -0.39 is 23.6 Å². The van der Waals surface area contributed by atoms with E-state index in [0.29, 0.717) is 15.4 Å². The van der Waals surface area contributed by atoms with Crippen LogP contribution in [0.5, 0.6) is 0 Å². The third kappa shape index (κ3) is 3.22. The van der Waals surface area contributed by atoms with Crippen molar-refractivity contribution in [2.45, 2.75) is 19.8 Å². The number of unbranched alkanes of at least 4 members (excludes halogenated alkanes) is 1. The molecular weight excluding hydrogens is 518 g/mol. The summed E-state index contributed by atoms with van der Waals surface area (Å²) in [6, 6.07) is 9.45. The first-order chi connectivity index (χ1) is 14.3. The number of fused-ring (bicyclic) bond motifs is 2. The second kappa shape index (κ2) is 7.88. The van der Waals surface area contributed by atoms with Crippen LogP contribution >= 0.6 is 31.9 Å². The zero-order valence-electron chi connectivity index (χ0n) is 15.8. The molecule has 0 N–H and O–H groups in total. The van der Waals surface area contributed by atoms with Crippen LogP contribution in [0.15, 0.2) is 50.3 Å². The lowest BCUT2D eigenvalue weighted by Crippen LogP contribution is -2.49. The highest BCUT2D eigenvalue weighted by molar-refractivity contribution is 9.10. The number of carbonyl (C=O) groups excluding carboxylic acids is 4.